The van der Waals surface area contributed by atoms with Gasteiger partial charge in [0, 0.05) is 6.61 Å². The molecule has 1 aliphatic rings. The van der Waals surface area contributed by atoms with Gasteiger partial charge in [0.05, 0.1) is 11.8 Å². The van der Waals surface area contributed by atoms with Crippen molar-refractivity contribution < 1.29 is 9.13 Å². The highest BCUT2D eigenvalue weighted by atomic mass is 19.1. The second-order valence-corrected chi connectivity index (χ2v) is 4.08. The van der Waals surface area contributed by atoms with Gasteiger partial charge in [0.25, 0.3) is 0 Å². The van der Waals surface area contributed by atoms with Crippen molar-refractivity contribution in [2.24, 2.45) is 0 Å². The standard InChI is InChI=1S/C12H13FN2O/c13-9-4-3-5-10-12(9)14-8-15(10)11-6-1-2-7-16-11/h3-5,8,11H,1-2,6-7H2. The monoisotopic (exact) mass is 220 g/mol. The maximum atomic E-state index is 13.5. The number of imidazole rings is 1. The molecule has 84 valence electrons. The number of benzene rings is 1. The first-order chi connectivity index (χ1) is 7.86. The third-order valence-electron chi connectivity index (χ3n) is 3.02. The Kier molecular flexibility index (Phi) is 2.36. The van der Waals surface area contributed by atoms with Gasteiger partial charge in [-0.15, -0.1) is 0 Å². The third-order valence-corrected chi connectivity index (χ3v) is 3.02. The predicted molar refractivity (Wildman–Crippen MR) is 58.5 cm³/mol. The van der Waals surface area contributed by atoms with E-state index in [1.54, 1.807) is 12.4 Å². The van der Waals surface area contributed by atoms with Crippen molar-refractivity contribution in [2.75, 3.05) is 6.61 Å². The number of nitrogens with zero attached hydrogens (tertiary/aromatic N) is 2. The molecule has 3 rings (SSSR count). The zero-order chi connectivity index (χ0) is 11.0. The lowest BCUT2D eigenvalue weighted by atomic mass is 10.2. The SMILES string of the molecule is Fc1cccc2c1ncn2C1CCCCO1. The van der Waals surface area contributed by atoms with Crippen LogP contribution in [-0.2, 0) is 4.74 Å². The van der Waals surface area contributed by atoms with Crippen molar-refractivity contribution in [3.8, 4) is 0 Å². The quantitative estimate of drug-likeness (QED) is 0.738. The number of ether oxygens (including phenoxy) is 1. The summed E-state index contributed by atoms with van der Waals surface area (Å²) in [6.45, 7) is 0.777. The van der Waals surface area contributed by atoms with Crippen molar-refractivity contribution in [3.63, 3.8) is 0 Å². The minimum Gasteiger partial charge on any atom is -0.358 e. The maximum Gasteiger partial charge on any atom is 0.151 e. The predicted octanol–water partition coefficient (Wildman–Crippen LogP) is 2.87. The van der Waals surface area contributed by atoms with E-state index < -0.39 is 0 Å². The average Bonchev–Trinajstić information content (AvgIpc) is 2.75. The van der Waals surface area contributed by atoms with Crippen LogP contribution in [0.15, 0.2) is 24.5 Å². The first-order valence-electron chi connectivity index (χ1n) is 5.59. The Bertz CT molecular complexity index is 503. The smallest absolute Gasteiger partial charge is 0.151 e. The number of para-hydroxylation sites is 1. The fourth-order valence-electron chi connectivity index (χ4n) is 2.19. The van der Waals surface area contributed by atoms with Crippen LogP contribution in [0.2, 0.25) is 0 Å². The number of hydrogen-bond acceptors (Lipinski definition) is 2. The molecule has 0 aliphatic carbocycles. The van der Waals surface area contributed by atoms with Gasteiger partial charge in [0.2, 0.25) is 0 Å². The fourth-order valence-corrected chi connectivity index (χ4v) is 2.19. The lowest BCUT2D eigenvalue weighted by Crippen LogP contribution is -2.17. The lowest BCUT2D eigenvalue weighted by Gasteiger charge is -2.24. The summed E-state index contributed by atoms with van der Waals surface area (Å²) >= 11 is 0. The van der Waals surface area contributed by atoms with Gasteiger partial charge in [-0.2, -0.15) is 0 Å². The topological polar surface area (TPSA) is 27.1 Å². The summed E-state index contributed by atoms with van der Waals surface area (Å²) in [6.07, 6.45) is 4.92. The Morgan fingerprint density at radius 3 is 3.12 bits per heavy atom. The number of aromatic nitrogens is 2. The van der Waals surface area contributed by atoms with E-state index in [9.17, 15) is 4.39 Å². The van der Waals surface area contributed by atoms with Crippen LogP contribution in [0.3, 0.4) is 0 Å². The molecule has 1 saturated heterocycles. The molecule has 0 N–H and O–H groups in total. The van der Waals surface area contributed by atoms with Crippen LogP contribution >= 0.6 is 0 Å². The van der Waals surface area contributed by atoms with Crippen LogP contribution < -0.4 is 0 Å². The Morgan fingerprint density at radius 1 is 1.38 bits per heavy atom. The van der Waals surface area contributed by atoms with Gasteiger partial charge in [-0.25, -0.2) is 9.37 Å². The molecular weight excluding hydrogens is 207 g/mol. The Balaban J connectivity index is 2.06. The minimum absolute atomic E-state index is 0.0144. The van der Waals surface area contributed by atoms with Gasteiger partial charge in [0.15, 0.2) is 5.82 Å². The summed E-state index contributed by atoms with van der Waals surface area (Å²) in [5.74, 6) is -0.271. The molecule has 1 atom stereocenters. The van der Waals surface area contributed by atoms with Crippen molar-refractivity contribution in [1.29, 1.82) is 0 Å². The molecule has 0 radical (unpaired) electrons. The summed E-state index contributed by atoms with van der Waals surface area (Å²) in [7, 11) is 0. The van der Waals surface area contributed by atoms with E-state index in [2.05, 4.69) is 4.98 Å². The van der Waals surface area contributed by atoms with E-state index in [0.717, 1.165) is 31.4 Å². The molecule has 1 aromatic carbocycles. The number of hydrogen-bond donors (Lipinski definition) is 0. The van der Waals surface area contributed by atoms with Crippen molar-refractivity contribution in [1.82, 2.24) is 9.55 Å². The first-order valence-corrected chi connectivity index (χ1v) is 5.59. The Hall–Kier alpha value is -1.42. The second-order valence-electron chi connectivity index (χ2n) is 4.08. The van der Waals surface area contributed by atoms with Crippen molar-refractivity contribution in [3.05, 3.63) is 30.3 Å². The highest BCUT2D eigenvalue weighted by Crippen LogP contribution is 2.26. The Labute approximate surface area is 92.8 Å². The van der Waals surface area contributed by atoms with Gasteiger partial charge < -0.3 is 9.30 Å². The zero-order valence-electron chi connectivity index (χ0n) is 8.90. The third kappa shape index (κ3) is 1.50. The number of rotatable bonds is 1. The van der Waals surface area contributed by atoms with Gasteiger partial charge >= 0.3 is 0 Å². The van der Waals surface area contributed by atoms with E-state index in [0.29, 0.717) is 5.52 Å². The van der Waals surface area contributed by atoms with Crippen LogP contribution in [-0.4, -0.2) is 16.2 Å². The molecule has 1 aromatic heterocycles. The normalized spacial score (nSPS) is 21.4. The minimum atomic E-state index is -0.271. The fraction of sp³-hybridized carbons (Fsp3) is 0.417. The summed E-state index contributed by atoms with van der Waals surface area (Å²) in [5.41, 5.74) is 1.24. The van der Waals surface area contributed by atoms with Gasteiger partial charge in [-0.05, 0) is 31.4 Å². The molecule has 0 spiro atoms. The second kappa shape index (κ2) is 3.87. The van der Waals surface area contributed by atoms with Gasteiger partial charge in [-0.1, -0.05) is 6.07 Å². The summed E-state index contributed by atoms with van der Waals surface area (Å²) in [4.78, 5) is 4.10. The summed E-state index contributed by atoms with van der Waals surface area (Å²) in [5, 5.41) is 0. The van der Waals surface area contributed by atoms with E-state index in [1.807, 2.05) is 10.6 Å². The molecular formula is C12H13FN2O. The van der Waals surface area contributed by atoms with E-state index in [1.165, 1.54) is 6.07 Å². The molecule has 3 nitrogen and oxygen atoms in total. The van der Waals surface area contributed by atoms with E-state index in [-0.39, 0.29) is 12.0 Å². The van der Waals surface area contributed by atoms with Crippen LogP contribution in [0.25, 0.3) is 11.0 Å². The molecule has 16 heavy (non-hydrogen) atoms. The van der Waals surface area contributed by atoms with E-state index in [4.69, 9.17) is 4.74 Å². The highest BCUT2D eigenvalue weighted by molar-refractivity contribution is 5.75. The summed E-state index contributed by atoms with van der Waals surface area (Å²) < 4.78 is 21.0. The average molecular weight is 220 g/mol. The van der Waals surface area contributed by atoms with Crippen LogP contribution in [0, 0.1) is 5.82 Å². The largest absolute Gasteiger partial charge is 0.358 e. The first kappa shape index (κ1) is 9.78. The highest BCUT2D eigenvalue weighted by Gasteiger charge is 2.18. The molecule has 0 saturated carbocycles. The van der Waals surface area contributed by atoms with Crippen molar-refractivity contribution in [2.45, 2.75) is 25.5 Å². The number of fused-ring (bicyclic) bond motifs is 1. The molecule has 4 heteroatoms. The molecule has 0 bridgehead atoms. The molecule has 2 aromatic rings. The molecule has 0 amide bonds. The number of halogens is 1. The lowest BCUT2D eigenvalue weighted by molar-refractivity contribution is -0.0295. The van der Waals surface area contributed by atoms with Gasteiger partial charge in [-0.3, -0.25) is 0 Å². The van der Waals surface area contributed by atoms with Crippen molar-refractivity contribution >= 4 is 11.0 Å². The van der Waals surface area contributed by atoms with Crippen LogP contribution in [0.1, 0.15) is 25.5 Å². The van der Waals surface area contributed by atoms with E-state index >= 15 is 0 Å². The molecule has 1 fully saturated rings. The molecule has 2 heterocycles. The van der Waals surface area contributed by atoms with Crippen LogP contribution in [0.4, 0.5) is 4.39 Å². The molecule has 1 unspecified atom stereocenters. The summed E-state index contributed by atoms with van der Waals surface area (Å²) in [6, 6.07) is 5.02. The van der Waals surface area contributed by atoms with Crippen LogP contribution in [0.5, 0.6) is 0 Å². The molecule has 1 aliphatic heterocycles. The maximum absolute atomic E-state index is 13.5. The Morgan fingerprint density at radius 2 is 2.31 bits per heavy atom. The van der Waals surface area contributed by atoms with Gasteiger partial charge in [0.1, 0.15) is 11.7 Å². The zero-order valence-corrected chi connectivity index (χ0v) is 8.90.